The maximum Gasteiger partial charge on any atom is 0.242 e. The Morgan fingerprint density at radius 2 is 2.00 bits per heavy atom. The largest absolute Gasteiger partial charge is 0.300 e. The number of nitrogens with one attached hydrogen (secondary N) is 1. The molecule has 0 aliphatic carbocycles. The molecule has 0 atom stereocenters. The number of piperidine rings is 1. The molecule has 1 heterocycles. The highest BCUT2D eigenvalue weighted by atomic mass is 127. The molecule has 0 aromatic heterocycles. The number of likely N-dealkylation sites (tertiary alicyclic amines) is 1. The molecular formula is C11H19IN2O2. The van der Waals surface area contributed by atoms with E-state index in [9.17, 15) is 9.59 Å². The molecule has 0 radical (unpaired) electrons. The standard InChI is InChI=1S/C11H19IN2O2/c1-9(15)2-3-10-4-6-14(7-5-10)8-11(16)13-12/h10H,2-8H2,1H3,(H,13,16). The Bertz CT molecular complexity index is 250. The molecule has 0 bridgehead atoms. The minimum absolute atomic E-state index is 0.0720. The first-order valence-electron chi connectivity index (χ1n) is 5.73. The van der Waals surface area contributed by atoms with Gasteiger partial charge in [-0.2, -0.15) is 0 Å². The molecule has 1 saturated heterocycles. The van der Waals surface area contributed by atoms with E-state index < -0.39 is 0 Å². The molecule has 0 unspecified atom stereocenters. The summed E-state index contributed by atoms with van der Waals surface area (Å²) in [7, 11) is 0. The van der Waals surface area contributed by atoms with Crippen LogP contribution in [0.1, 0.15) is 32.6 Å². The number of amides is 1. The van der Waals surface area contributed by atoms with Gasteiger partial charge < -0.3 is 4.79 Å². The fraction of sp³-hybridized carbons (Fsp3) is 0.818. The van der Waals surface area contributed by atoms with Crippen molar-refractivity contribution in [1.82, 2.24) is 8.43 Å². The van der Waals surface area contributed by atoms with Crippen molar-refractivity contribution in [1.29, 1.82) is 0 Å². The fourth-order valence-corrected chi connectivity index (χ4v) is 2.24. The third-order valence-corrected chi connectivity index (χ3v) is 3.69. The normalized spacial score (nSPS) is 18.4. The molecule has 0 spiro atoms. The van der Waals surface area contributed by atoms with Crippen molar-refractivity contribution in [3.63, 3.8) is 0 Å². The van der Waals surface area contributed by atoms with E-state index in [2.05, 4.69) is 8.43 Å². The van der Waals surface area contributed by atoms with Crippen molar-refractivity contribution in [2.24, 2.45) is 5.92 Å². The summed E-state index contributed by atoms with van der Waals surface area (Å²) < 4.78 is 2.61. The third-order valence-electron chi connectivity index (χ3n) is 3.08. The average Bonchev–Trinajstić information content (AvgIpc) is 2.28. The van der Waals surface area contributed by atoms with Gasteiger partial charge >= 0.3 is 0 Å². The van der Waals surface area contributed by atoms with Crippen LogP contribution in [0.4, 0.5) is 0 Å². The molecule has 0 aromatic rings. The van der Waals surface area contributed by atoms with Crippen molar-refractivity contribution in [2.75, 3.05) is 19.6 Å². The second-order valence-electron chi connectivity index (χ2n) is 4.48. The molecule has 1 rings (SSSR count). The lowest BCUT2D eigenvalue weighted by Crippen LogP contribution is -2.39. The van der Waals surface area contributed by atoms with Gasteiger partial charge in [0.15, 0.2) is 0 Å². The van der Waals surface area contributed by atoms with Gasteiger partial charge in [0.1, 0.15) is 5.78 Å². The number of nitrogens with zero attached hydrogens (tertiary/aromatic N) is 1. The molecule has 1 amide bonds. The van der Waals surface area contributed by atoms with Gasteiger partial charge in [-0.05, 0) is 45.2 Å². The lowest BCUT2D eigenvalue weighted by atomic mass is 9.91. The summed E-state index contributed by atoms with van der Waals surface area (Å²) in [6.45, 7) is 4.11. The molecule has 16 heavy (non-hydrogen) atoms. The van der Waals surface area contributed by atoms with Crippen LogP contribution < -0.4 is 3.53 Å². The Hall–Kier alpha value is -0.170. The lowest BCUT2D eigenvalue weighted by molar-refractivity contribution is -0.120. The molecule has 1 aliphatic rings. The minimum atomic E-state index is 0.0720. The van der Waals surface area contributed by atoms with Crippen LogP contribution in [0, 0.1) is 5.92 Å². The Labute approximate surface area is 111 Å². The van der Waals surface area contributed by atoms with Crippen LogP contribution in [0.2, 0.25) is 0 Å². The molecule has 0 aromatic carbocycles. The van der Waals surface area contributed by atoms with Crippen molar-refractivity contribution < 1.29 is 9.59 Å². The zero-order valence-corrected chi connectivity index (χ0v) is 11.8. The predicted molar refractivity (Wildman–Crippen MR) is 71.2 cm³/mol. The van der Waals surface area contributed by atoms with Gasteiger partial charge in [0.25, 0.3) is 0 Å². The summed E-state index contributed by atoms with van der Waals surface area (Å²) in [6, 6.07) is 0. The van der Waals surface area contributed by atoms with E-state index >= 15 is 0 Å². The van der Waals surface area contributed by atoms with Gasteiger partial charge in [-0.3, -0.25) is 13.2 Å². The predicted octanol–water partition coefficient (Wildman–Crippen LogP) is 1.53. The second kappa shape index (κ2) is 7.21. The van der Waals surface area contributed by atoms with Crippen LogP contribution in [0.5, 0.6) is 0 Å². The molecular weight excluding hydrogens is 319 g/mol. The zero-order chi connectivity index (χ0) is 12.0. The molecule has 5 heteroatoms. The molecule has 92 valence electrons. The number of ketones is 1. The Balaban J connectivity index is 2.18. The summed E-state index contributed by atoms with van der Waals surface area (Å²) in [6.07, 6.45) is 3.95. The second-order valence-corrected chi connectivity index (χ2v) is 5.02. The number of carbonyl (C=O) groups excluding carboxylic acids is 2. The molecule has 1 N–H and O–H groups in total. The topological polar surface area (TPSA) is 49.4 Å². The first-order valence-corrected chi connectivity index (χ1v) is 6.81. The number of hydrogen-bond donors (Lipinski definition) is 1. The summed E-state index contributed by atoms with van der Waals surface area (Å²) in [4.78, 5) is 24.2. The smallest absolute Gasteiger partial charge is 0.242 e. The average molecular weight is 338 g/mol. The van der Waals surface area contributed by atoms with E-state index in [4.69, 9.17) is 0 Å². The highest BCUT2D eigenvalue weighted by molar-refractivity contribution is 14.1. The van der Waals surface area contributed by atoms with Crippen molar-refractivity contribution in [2.45, 2.75) is 32.6 Å². The van der Waals surface area contributed by atoms with Gasteiger partial charge in [-0.15, -0.1) is 0 Å². The third kappa shape index (κ3) is 5.25. The molecule has 1 fully saturated rings. The Morgan fingerprint density at radius 1 is 1.38 bits per heavy atom. The first-order chi connectivity index (χ1) is 7.61. The number of halogens is 1. The van der Waals surface area contributed by atoms with Crippen LogP contribution in [0.15, 0.2) is 0 Å². The number of carbonyl (C=O) groups is 2. The van der Waals surface area contributed by atoms with E-state index in [0.29, 0.717) is 18.9 Å². The van der Waals surface area contributed by atoms with Crippen molar-refractivity contribution >= 4 is 34.6 Å². The summed E-state index contributed by atoms with van der Waals surface area (Å²) >= 11 is 1.87. The van der Waals surface area contributed by atoms with Crippen LogP contribution in [0.3, 0.4) is 0 Å². The van der Waals surface area contributed by atoms with Gasteiger partial charge in [-0.25, -0.2) is 0 Å². The van der Waals surface area contributed by atoms with E-state index in [1.807, 2.05) is 22.9 Å². The zero-order valence-electron chi connectivity index (χ0n) is 9.67. The maximum atomic E-state index is 11.2. The van der Waals surface area contributed by atoms with E-state index in [1.54, 1.807) is 6.92 Å². The van der Waals surface area contributed by atoms with Gasteiger partial charge in [0.2, 0.25) is 5.91 Å². The van der Waals surface area contributed by atoms with Crippen molar-refractivity contribution in [3.05, 3.63) is 0 Å². The summed E-state index contributed by atoms with van der Waals surface area (Å²) in [5.41, 5.74) is 0. The lowest BCUT2D eigenvalue weighted by Gasteiger charge is -2.31. The highest BCUT2D eigenvalue weighted by Crippen LogP contribution is 2.21. The van der Waals surface area contributed by atoms with Crippen molar-refractivity contribution in [3.8, 4) is 0 Å². The highest BCUT2D eigenvalue weighted by Gasteiger charge is 2.20. The van der Waals surface area contributed by atoms with E-state index in [-0.39, 0.29) is 11.7 Å². The minimum Gasteiger partial charge on any atom is -0.300 e. The number of Topliss-reactive ketones (excluding diaryl/α,β-unsaturated/α-hetero) is 1. The first kappa shape index (κ1) is 13.9. The van der Waals surface area contributed by atoms with Crippen LogP contribution in [-0.2, 0) is 9.59 Å². The molecule has 1 aliphatic heterocycles. The van der Waals surface area contributed by atoms with Gasteiger partial charge in [0.05, 0.1) is 29.4 Å². The van der Waals surface area contributed by atoms with Crippen LogP contribution in [0.25, 0.3) is 0 Å². The van der Waals surface area contributed by atoms with Crippen LogP contribution >= 0.6 is 22.9 Å². The number of rotatable bonds is 5. The Morgan fingerprint density at radius 3 is 2.50 bits per heavy atom. The molecule has 0 saturated carbocycles. The van der Waals surface area contributed by atoms with E-state index in [0.717, 1.165) is 32.4 Å². The molecule has 4 nitrogen and oxygen atoms in total. The quantitative estimate of drug-likeness (QED) is 0.611. The van der Waals surface area contributed by atoms with Gasteiger partial charge in [-0.1, -0.05) is 0 Å². The summed E-state index contributed by atoms with van der Waals surface area (Å²) in [5.74, 6) is 1.03. The Kier molecular flexibility index (Phi) is 6.26. The fourth-order valence-electron chi connectivity index (χ4n) is 2.07. The number of hydrogen-bond acceptors (Lipinski definition) is 3. The van der Waals surface area contributed by atoms with E-state index in [1.165, 1.54) is 0 Å². The monoisotopic (exact) mass is 338 g/mol. The maximum absolute atomic E-state index is 11.2. The summed E-state index contributed by atoms with van der Waals surface area (Å²) in [5, 5.41) is 0. The SMILES string of the molecule is CC(=O)CCC1CCN(CC(=O)NI)CC1. The van der Waals surface area contributed by atoms with Crippen LogP contribution in [-0.4, -0.2) is 36.2 Å². The van der Waals surface area contributed by atoms with Gasteiger partial charge in [0, 0.05) is 6.42 Å².